The van der Waals surface area contributed by atoms with E-state index in [9.17, 15) is 19.6 Å². The van der Waals surface area contributed by atoms with Gasteiger partial charge in [0.2, 0.25) is 5.91 Å². The summed E-state index contributed by atoms with van der Waals surface area (Å²) in [7, 11) is 1.09. The monoisotopic (exact) mass is 371 g/mol. The third-order valence-electron chi connectivity index (χ3n) is 4.83. The summed E-state index contributed by atoms with van der Waals surface area (Å²) in [5.74, 6) is -1.69. The molecular formula is C20H25N3O4. The van der Waals surface area contributed by atoms with Gasteiger partial charge in [0.15, 0.2) is 0 Å². The fourth-order valence-corrected chi connectivity index (χ4v) is 3.30. The number of nitrogens with zero attached hydrogens (tertiary/aromatic N) is 1. The van der Waals surface area contributed by atoms with Crippen LogP contribution in [0.25, 0.3) is 0 Å². The van der Waals surface area contributed by atoms with E-state index < -0.39 is 23.4 Å². The second-order valence-electron chi connectivity index (χ2n) is 6.76. The molecule has 0 radical (unpaired) electrons. The maximum Gasteiger partial charge on any atom is 0.368 e. The molecule has 1 fully saturated rings. The average molecular weight is 371 g/mol. The Balaban J connectivity index is 2.06. The second-order valence-corrected chi connectivity index (χ2v) is 6.76. The molecule has 1 atom stereocenters. The molecule has 1 aromatic rings. The molecule has 1 aliphatic carbocycles. The van der Waals surface area contributed by atoms with Gasteiger partial charge in [0, 0.05) is 12.0 Å². The first-order valence-electron chi connectivity index (χ1n) is 9.19. The van der Waals surface area contributed by atoms with E-state index in [1.807, 2.05) is 0 Å². The van der Waals surface area contributed by atoms with Crippen molar-refractivity contribution in [2.75, 3.05) is 7.11 Å². The second kappa shape index (κ2) is 9.72. The van der Waals surface area contributed by atoms with Crippen molar-refractivity contribution < 1.29 is 19.1 Å². The topological polar surface area (TPSA) is 108 Å². The van der Waals surface area contributed by atoms with E-state index in [0.717, 1.165) is 20.0 Å². The van der Waals surface area contributed by atoms with Crippen LogP contribution in [0.4, 0.5) is 0 Å². The maximum atomic E-state index is 12.4. The summed E-state index contributed by atoms with van der Waals surface area (Å²) >= 11 is 0. The van der Waals surface area contributed by atoms with E-state index in [1.165, 1.54) is 19.3 Å². The number of rotatable bonds is 7. The minimum atomic E-state index is -2.26. The minimum Gasteiger partial charge on any atom is -0.465 e. The van der Waals surface area contributed by atoms with Crippen molar-refractivity contribution in [1.29, 1.82) is 5.26 Å². The van der Waals surface area contributed by atoms with Gasteiger partial charge in [-0.25, -0.2) is 4.79 Å². The zero-order valence-electron chi connectivity index (χ0n) is 15.5. The van der Waals surface area contributed by atoms with Crippen LogP contribution < -0.4 is 10.6 Å². The lowest BCUT2D eigenvalue weighted by Crippen LogP contribution is -2.65. The Labute approximate surface area is 159 Å². The lowest BCUT2D eigenvalue weighted by Gasteiger charge is -2.27. The molecule has 1 saturated carbocycles. The number of carbonyl (C=O) groups excluding carboxylic acids is 3. The number of nitriles is 1. The third kappa shape index (κ3) is 5.55. The molecule has 144 valence electrons. The molecule has 2 amide bonds. The van der Waals surface area contributed by atoms with Crippen LogP contribution in [0.3, 0.4) is 0 Å². The standard InChI is InChI=1S/C20H25N3O4/c1-27-19(26)20(14-21,23-18(25)16-10-6-3-7-11-16)22-17(24)13-12-15-8-4-2-5-9-15/h3,6-7,10-11,15H,2,4-5,8-9,12-13H2,1H3,(H,22,24)(H,23,25)/t20-/m0/s1. The van der Waals surface area contributed by atoms with E-state index >= 15 is 0 Å². The zero-order valence-corrected chi connectivity index (χ0v) is 15.5. The molecule has 1 aromatic carbocycles. The predicted molar refractivity (Wildman–Crippen MR) is 98.2 cm³/mol. The maximum absolute atomic E-state index is 12.4. The van der Waals surface area contributed by atoms with Gasteiger partial charge in [-0.15, -0.1) is 0 Å². The molecule has 0 unspecified atom stereocenters. The van der Waals surface area contributed by atoms with Gasteiger partial charge in [-0.2, -0.15) is 5.26 Å². The summed E-state index contributed by atoms with van der Waals surface area (Å²) in [5, 5.41) is 14.2. The number of ether oxygens (including phenoxy) is 1. The van der Waals surface area contributed by atoms with Crippen LogP contribution in [0.1, 0.15) is 55.3 Å². The van der Waals surface area contributed by atoms with Gasteiger partial charge < -0.3 is 15.4 Å². The van der Waals surface area contributed by atoms with Crippen molar-refractivity contribution in [3.05, 3.63) is 35.9 Å². The fraction of sp³-hybridized carbons (Fsp3) is 0.500. The lowest BCUT2D eigenvalue weighted by atomic mass is 9.86. The number of methoxy groups -OCH3 is 1. The van der Waals surface area contributed by atoms with Crippen molar-refractivity contribution in [1.82, 2.24) is 10.6 Å². The van der Waals surface area contributed by atoms with Crippen molar-refractivity contribution >= 4 is 17.8 Å². The molecular weight excluding hydrogens is 346 g/mol. The van der Waals surface area contributed by atoms with Gasteiger partial charge in [-0.3, -0.25) is 9.59 Å². The van der Waals surface area contributed by atoms with Crippen molar-refractivity contribution in [3.63, 3.8) is 0 Å². The lowest BCUT2D eigenvalue weighted by molar-refractivity contribution is -0.149. The van der Waals surface area contributed by atoms with Crippen LogP contribution in [0.15, 0.2) is 30.3 Å². The van der Waals surface area contributed by atoms with Crippen molar-refractivity contribution in [2.45, 2.75) is 50.6 Å². The molecule has 0 aromatic heterocycles. The fourth-order valence-electron chi connectivity index (χ4n) is 3.30. The Morgan fingerprint density at radius 1 is 1.15 bits per heavy atom. The molecule has 1 aliphatic rings. The average Bonchev–Trinajstić information content (AvgIpc) is 2.72. The smallest absolute Gasteiger partial charge is 0.368 e. The number of benzene rings is 1. The third-order valence-corrected chi connectivity index (χ3v) is 4.83. The number of carbonyl (C=O) groups is 3. The van der Waals surface area contributed by atoms with Crippen LogP contribution in [0, 0.1) is 17.2 Å². The Morgan fingerprint density at radius 2 is 1.81 bits per heavy atom. The summed E-state index contributed by atoms with van der Waals surface area (Å²) < 4.78 is 4.65. The highest BCUT2D eigenvalue weighted by atomic mass is 16.5. The highest BCUT2D eigenvalue weighted by Crippen LogP contribution is 2.27. The van der Waals surface area contributed by atoms with Crippen LogP contribution in [-0.4, -0.2) is 30.6 Å². The van der Waals surface area contributed by atoms with E-state index in [0.29, 0.717) is 12.3 Å². The highest BCUT2D eigenvalue weighted by molar-refractivity contribution is 6.00. The van der Waals surface area contributed by atoms with Gasteiger partial charge in [-0.1, -0.05) is 50.3 Å². The number of hydrogen-bond donors (Lipinski definition) is 2. The van der Waals surface area contributed by atoms with Gasteiger partial charge in [0.1, 0.15) is 6.07 Å². The zero-order chi connectivity index (χ0) is 19.7. The Hall–Kier alpha value is -2.88. The van der Waals surface area contributed by atoms with E-state index in [4.69, 9.17) is 0 Å². The molecule has 0 aliphatic heterocycles. The number of amides is 2. The van der Waals surface area contributed by atoms with E-state index in [2.05, 4.69) is 15.4 Å². The Morgan fingerprint density at radius 3 is 2.41 bits per heavy atom. The summed E-state index contributed by atoms with van der Waals surface area (Å²) in [4.78, 5) is 37.0. The highest BCUT2D eigenvalue weighted by Gasteiger charge is 2.43. The van der Waals surface area contributed by atoms with Crippen LogP contribution in [-0.2, 0) is 14.3 Å². The molecule has 27 heavy (non-hydrogen) atoms. The molecule has 0 spiro atoms. The quantitative estimate of drug-likeness (QED) is 0.565. The van der Waals surface area contributed by atoms with Gasteiger partial charge in [0.25, 0.3) is 5.91 Å². The Kier molecular flexibility index (Phi) is 7.35. The number of esters is 1. The van der Waals surface area contributed by atoms with E-state index in [1.54, 1.807) is 36.4 Å². The summed E-state index contributed by atoms with van der Waals surface area (Å²) in [5.41, 5.74) is -2.00. The number of nitrogens with one attached hydrogen (secondary N) is 2. The molecule has 7 heteroatoms. The molecule has 2 N–H and O–H groups in total. The largest absolute Gasteiger partial charge is 0.465 e. The molecule has 0 bridgehead atoms. The summed E-state index contributed by atoms with van der Waals surface area (Å²) in [6, 6.07) is 9.83. The molecule has 2 rings (SSSR count). The Bertz CT molecular complexity index is 708. The molecule has 7 nitrogen and oxygen atoms in total. The van der Waals surface area contributed by atoms with Crippen LogP contribution in [0.2, 0.25) is 0 Å². The molecule has 0 heterocycles. The van der Waals surface area contributed by atoms with Gasteiger partial charge in [-0.05, 0) is 24.5 Å². The van der Waals surface area contributed by atoms with Crippen LogP contribution in [0.5, 0.6) is 0 Å². The predicted octanol–water partition coefficient (Wildman–Crippen LogP) is 2.29. The minimum absolute atomic E-state index is 0.187. The SMILES string of the molecule is COC(=O)[C@@](C#N)(NC(=O)CCC1CCCCC1)NC(=O)c1ccccc1. The van der Waals surface area contributed by atoms with Crippen molar-refractivity contribution in [3.8, 4) is 6.07 Å². The first-order valence-corrected chi connectivity index (χ1v) is 9.19. The summed E-state index contributed by atoms with van der Waals surface area (Å²) in [6.07, 6.45) is 6.64. The van der Waals surface area contributed by atoms with Gasteiger partial charge >= 0.3 is 11.6 Å². The number of hydrogen-bond acceptors (Lipinski definition) is 5. The first-order chi connectivity index (χ1) is 13.0. The normalized spacial score (nSPS) is 16.4. The van der Waals surface area contributed by atoms with Gasteiger partial charge in [0.05, 0.1) is 7.11 Å². The van der Waals surface area contributed by atoms with Crippen LogP contribution >= 0.6 is 0 Å². The summed E-state index contributed by atoms with van der Waals surface area (Å²) in [6.45, 7) is 0. The first kappa shape index (κ1) is 20.4. The van der Waals surface area contributed by atoms with E-state index in [-0.39, 0.29) is 12.0 Å². The molecule has 0 saturated heterocycles. The van der Waals surface area contributed by atoms with Crippen molar-refractivity contribution in [2.24, 2.45) is 5.92 Å².